The van der Waals surface area contributed by atoms with E-state index in [-0.39, 0.29) is 12.4 Å². The molecule has 4 rings (SSSR count). The highest BCUT2D eigenvalue weighted by Gasteiger charge is 2.16. The number of nitrogen functional groups attached to an aromatic ring is 1. The average molecular weight is 556 g/mol. The Morgan fingerprint density at radius 1 is 1.18 bits per heavy atom. The topological polar surface area (TPSA) is 97.2 Å². The first-order valence-corrected chi connectivity index (χ1v) is 11.2. The molecule has 2 heterocycles. The number of nitrogens with two attached hydrogens (primary N) is 1. The van der Waals surface area contributed by atoms with Crippen LogP contribution < -0.4 is 11.1 Å². The molecule has 4 aromatic rings. The standard InChI is InChI=1S/C25H22FIN4O2/c1-14(31-24(13-32)17-4-3-5-19(27)8-17)20-7-6-16(10-23(20)26)21-9-18(11-29-25(21)28)22-12-30-33-15(22)2/h3-12,24,31-32H,1,13H2,2H3,(H2,28,29)/t24-/m1/s1. The van der Waals surface area contributed by atoms with E-state index in [0.29, 0.717) is 28.1 Å². The van der Waals surface area contributed by atoms with Crippen molar-refractivity contribution in [3.8, 4) is 22.3 Å². The van der Waals surface area contributed by atoms with E-state index in [1.54, 1.807) is 31.5 Å². The normalized spacial score (nSPS) is 11.9. The molecule has 0 spiro atoms. The monoisotopic (exact) mass is 556 g/mol. The Bertz CT molecular complexity index is 1320. The fraction of sp³-hybridized carbons (Fsp3) is 0.120. The highest BCUT2D eigenvalue weighted by atomic mass is 127. The Hall–Kier alpha value is -3.24. The molecule has 4 N–H and O–H groups in total. The quantitative estimate of drug-likeness (QED) is 0.266. The zero-order chi connectivity index (χ0) is 23.5. The number of aromatic nitrogens is 2. The molecule has 168 valence electrons. The molecule has 0 radical (unpaired) electrons. The summed E-state index contributed by atoms with van der Waals surface area (Å²) in [5.41, 5.74) is 10.4. The first-order valence-electron chi connectivity index (χ1n) is 10.2. The number of aliphatic hydroxyl groups excluding tert-OH is 1. The maximum Gasteiger partial charge on any atom is 0.141 e. The Morgan fingerprint density at radius 3 is 2.67 bits per heavy atom. The number of nitrogens with one attached hydrogen (secondary N) is 1. The predicted molar refractivity (Wildman–Crippen MR) is 135 cm³/mol. The maximum atomic E-state index is 15.1. The lowest BCUT2D eigenvalue weighted by Gasteiger charge is -2.20. The molecule has 1 atom stereocenters. The largest absolute Gasteiger partial charge is 0.394 e. The summed E-state index contributed by atoms with van der Waals surface area (Å²) in [6, 6.07) is 14.0. The zero-order valence-corrected chi connectivity index (χ0v) is 20.0. The van der Waals surface area contributed by atoms with Gasteiger partial charge in [0.25, 0.3) is 0 Å². The molecule has 0 aliphatic heterocycles. The summed E-state index contributed by atoms with van der Waals surface area (Å²) in [5, 5.41) is 16.8. The van der Waals surface area contributed by atoms with E-state index in [1.807, 2.05) is 30.3 Å². The van der Waals surface area contributed by atoms with Crippen molar-refractivity contribution in [2.75, 3.05) is 12.3 Å². The molecule has 2 aromatic carbocycles. The van der Waals surface area contributed by atoms with Crippen LogP contribution in [-0.2, 0) is 0 Å². The van der Waals surface area contributed by atoms with Gasteiger partial charge in [-0.25, -0.2) is 9.37 Å². The molecule has 0 unspecified atom stereocenters. The number of nitrogens with zero attached hydrogens (tertiary/aromatic N) is 2. The Morgan fingerprint density at radius 2 is 2.00 bits per heavy atom. The van der Waals surface area contributed by atoms with Crippen LogP contribution in [0.4, 0.5) is 10.2 Å². The van der Waals surface area contributed by atoms with E-state index in [9.17, 15) is 5.11 Å². The van der Waals surface area contributed by atoms with E-state index >= 15 is 4.39 Å². The smallest absolute Gasteiger partial charge is 0.141 e. The molecule has 0 bridgehead atoms. The van der Waals surface area contributed by atoms with Gasteiger partial charge in [0.2, 0.25) is 0 Å². The summed E-state index contributed by atoms with van der Waals surface area (Å²) in [6.07, 6.45) is 3.24. The summed E-state index contributed by atoms with van der Waals surface area (Å²) < 4.78 is 21.3. The first kappa shape index (κ1) is 22.9. The Balaban J connectivity index is 1.61. The lowest BCUT2D eigenvalue weighted by Crippen LogP contribution is -2.23. The predicted octanol–water partition coefficient (Wildman–Crippen LogP) is 5.33. The number of anilines is 1. The van der Waals surface area contributed by atoms with Crippen molar-refractivity contribution in [3.63, 3.8) is 0 Å². The molecule has 0 saturated heterocycles. The van der Waals surface area contributed by atoms with Crippen molar-refractivity contribution < 1.29 is 14.0 Å². The minimum Gasteiger partial charge on any atom is -0.394 e. The number of benzene rings is 2. The molecule has 0 aliphatic carbocycles. The van der Waals surface area contributed by atoms with Gasteiger partial charge in [0.05, 0.1) is 18.8 Å². The molecule has 0 saturated carbocycles. The van der Waals surface area contributed by atoms with Gasteiger partial charge >= 0.3 is 0 Å². The van der Waals surface area contributed by atoms with Crippen LogP contribution in [0.5, 0.6) is 0 Å². The molecule has 0 fully saturated rings. The highest BCUT2D eigenvalue weighted by Crippen LogP contribution is 2.32. The number of rotatable bonds is 7. The van der Waals surface area contributed by atoms with Gasteiger partial charge in [0.15, 0.2) is 0 Å². The number of aryl methyl sites for hydroxylation is 1. The van der Waals surface area contributed by atoms with Gasteiger partial charge in [0, 0.05) is 37.7 Å². The van der Waals surface area contributed by atoms with Gasteiger partial charge in [-0.15, -0.1) is 0 Å². The van der Waals surface area contributed by atoms with Crippen LogP contribution in [0.1, 0.15) is 22.9 Å². The SMILES string of the molecule is C=C(N[C@H](CO)c1cccc(I)c1)c1ccc(-c2cc(-c3cnoc3C)cnc2N)cc1F. The number of pyridine rings is 1. The van der Waals surface area contributed by atoms with Crippen LogP contribution in [0, 0.1) is 16.3 Å². The van der Waals surface area contributed by atoms with E-state index in [4.69, 9.17) is 10.3 Å². The lowest BCUT2D eigenvalue weighted by atomic mass is 9.99. The first-order chi connectivity index (χ1) is 15.9. The molecular weight excluding hydrogens is 534 g/mol. The summed E-state index contributed by atoms with van der Waals surface area (Å²) in [5.74, 6) is 0.481. The van der Waals surface area contributed by atoms with Crippen LogP contribution in [0.2, 0.25) is 0 Å². The third-order valence-electron chi connectivity index (χ3n) is 5.37. The van der Waals surface area contributed by atoms with E-state index < -0.39 is 11.9 Å². The minimum absolute atomic E-state index is 0.157. The van der Waals surface area contributed by atoms with Crippen LogP contribution in [0.15, 0.2) is 72.0 Å². The average Bonchev–Trinajstić information content (AvgIpc) is 3.23. The van der Waals surface area contributed by atoms with Gasteiger partial charge in [-0.2, -0.15) is 0 Å². The zero-order valence-electron chi connectivity index (χ0n) is 17.8. The van der Waals surface area contributed by atoms with Crippen molar-refractivity contribution in [2.45, 2.75) is 13.0 Å². The van der Waals surface area contributed by atoms with Gasteiger partial charge in [-0.05, 0) is 71.0 Å². The highest BCUT2D eigenvalue weighted by molar-refractivity contribution is 14.1. The van der Waals surface area contributed by atoms with Crippen molar-refractivity contribution >= 4 is 34.1 Å². The van der Waals surface area contributed by atoms with Gasteiger partial charge in [0.1, 0.15) is 17.4 Å². The van der Waals surface area contributed by atoms with Gasteiger partial charge < -0.3 is 20.7 Å². The third-order valence-corrected chi connectivity index (χ3v) is 6.04. The Kier molecular flexibility index (Phi) is 6.75. The minimum atomic E-state index is -0.463. The summed E-state index contributed by atoms with van der Waals surface area (Å²) in [6.45, 7) is 5.63. The van der Waals surface area contributed by atoms with E-state index in [2.05, 4.69) is 44.6 Å². The molecule has 6 nitrogen and oxygen atoms in total. The number of hydrogen-bond donors (Lipinski definition) is 3. The van der Waals surface area contributed by atoms with E-state index in [0.717, 1.165) is 20.3 Å². The van der Waals surface area contributed by atoms with Crippen molar-refractivity contribution in [2.24, 2.45) is 0 Å². The van der Waals surface area contributed by atoms with Crippen molar-refractivity contribution in [1.82, 2.24) is 15.5 Å². The van der Waals surface area contributed by atoms with Crippen molar-refractivity contribution in [3.05, 3.63) is 93.8 Å². The molecule has 8 heteroatoms. The summed E-state index contributed by atoms with van der Waals surface area (Å²) >= 11 is 2.21. The fourth-order valence-electron chi connectivity index (χ4n) is 3.60. The fourth-order valence-corrected chi connectivity index (χ4v) is 4.17. The van der Waals surface area contributed by atoms with Crippen LogP contribution in [-0.4, -0.2) is 21.9 Å². The van der Waals surface area contributed by atoms with Crippen LogP contribution in [0.3, 0.4) is 0 Å². The number of aliphatic hydroxyl groups is 1. The van der Waals surface area contributed by atoms with Gasteiger partial charge in [-0.1, -0.05) is 29.9 Å². The third kappa shape index (κ3) is 4.91. The lowest BCUT2D eigenvalue weighted by molar-refractivity contribution is 0.256. The number of hydrogen-bond acceptors (Lipinski definition) is 6. The molecular formula is C25H22FIN4O2. The van der Waals surface area contributed by atoms with Gasteiger partial charge in [-0.3, -0.25) is 0 Å². The second kappa shape index (κ2) is 9.72. The maximum absolute atomic E-state index is 15.1. The molecule has 2 aromatic heterocycles. The van der Waals surface area contributed by atoms with Crippen LogP contribution in [0.25, 0.3) is 28.0 Å². The van der Waals surface area contributed by atoms with Crippen LogP contribution >= 0.6 is 22.6 Å². The molecule has 33 heavy (non-hydrogen) atoms. The molecule has 0 amide bonds. The summed E-state index contributed by atoms with van der Waals surface area (Å²) in [7, 11) is 0. The summed E-state index contributed by atoms with van der Waals surface area (Å²) in [4.78, 5) is 4.26. The van der Waals surface area contributed by atoms with Crippen molar-refractivity contribution in [1.29, 1.82) is 0 Å². The van der Waals surface area contributed by atoms with E-state index in [1.165, 1.54) is 6.07 Å². The second-order valence-electron chi connectivity index (χ2n) is 7.56. The second-order valence-corrected chi connectivity index (χ2v) is 8.81. The number of halogens is 2. The Labute approximate surface area is 204 Å². The molecule has 0 aliphatic rings.